The number of thiazole rings is 1. The zero-order valence-electron chi connectivity index (χ0n) is 29.0. The third-order valence-corrected chi connectivity index (χ3v) is 10.6. The van der Waals surface area contributed by atoms with Gasteiger partial charge in [0.05, 0.1) is 48.3 Å². The number of nitriles is 1. The van der Waals surface area contributed by atoms with Gasteiger partial charge >= 0.3 is 5.97 Å². The van der Waals surface area contributed by atoms with Gasteiger partial charge in [0.25, 0.3) is 5.56 Å². The number of fused-ring (bicyclic) bond motifs is 2. The van der Waals surface area contributed by atoms with Crippen molar-refractivity contribution < 1.29 is 23.7 Å². The number of benzene rings is 5. The monoisotopic (exact) mass is 785 g/mol. The molecule has 53 heavy (non-hydrogen) atoms. The molecule has 0 spiro atoms. The molecule has 9 nitrogen and oxygen atoms in total. The van der Waals surface area contributed by atoms with E-state index in [2.05, 4.69) is 22.0 Å². The Hall–Kier alpha value is -5.96. The SMILES string of the molecule is CCOC(=O)C1=C(c2ccccc2)N=c2s/c(=C/c3cc(OC)c(OCc4ccccc4C#N)cc3Br)c(=O)n2[C@@H]1c1c(OC)ccc2ccccc12. The van der Waals surface area contributed by atoms with E-state index < -0.39 is 12.0 Å². The lowest BCUT2D eigenvalue weighted by Gasteiger charge is -2.28. The van der Waals surface area contributed by atoms with Gasteiger partial charge in [0.1, 0.15) is 18.4 Å². The van der Waals surface area contributed by atoms with Crippen LogP contribution in [0.1, 0.15) is 40.8 Å². The summed E-state index contributed by atoms with van der Waals surface area (Å²) in [5, 5.41) is 11.2. The topological polar surface area (TPSA) is 112 Å². The maximum Gasteiger partial charge on any atom is 0.338 e. The van der Waals surface area contributed by atoms with Crippen LogP contribution in [0, 0.1) is 11.3 Å². The molecule has 0 bridgehead atoms. The van der Waals surface area contributed by atoms with Crippen molar-refractivity contribution in [3.8, 4) is 23.3 Å². The Bertz CT molecular complexity index is 2640. The van der Waals surface area contributed by atoms with Crippen LogP contribution in [-0.2, 0) is 16.1 Å². The van der Waals surface area contributed by atoms with E-state index in [4.69, 9.17) is 23.9 Å². The maximum atomic E-state index is 14.7. The molecule has 0 saturated heterocycles. The fourth-order valence-electron chi connectivity index (χ4n) is 6.43. The molecule has 6 aromatic rings. The summed E-state index contributed by atoms with van der Waals surface area (Å²) in [6, 6.07) is 33.1. The van der Waals surface area contributed by atoms with Crippen molar-refractivity contribution in [2.24, 2.45) is 4.99 Å². The van der Waals surface area contributed by atoms with Gasteiger partial charge in [0, 0.05) is 21.2 Å². The molecule has 0 radical (unpaired) electrons. The van der Waals surface area contributed by atoms with Crippen LogP contribution in [-0.4, -0.2) is 31.4 Å². The number of aromatic nitrogens is 1. The quantitative estimate of drug-likeness (QED) is 0.134. The van der Waals surface area contributed by atoms with Crippen LogP contribution in [0.15, 0.2) is 123 Å². The molecule has 1 aromatic heterocycles. The smallest absolute Gasteiger partial charge is 0.338 e. The number of esters is 1. The lowest BCUT2D eigenvalue weighted by molar-refractivity contribution is -0.138. The molecule has 1 atom stereocenters. The highest BCUT2D eigenvalue weighted by Gasteiger charge is 2.37. The van der Waals surface area contributed by atoms with E-state index >= 15 is 0 Å². The fourth-order valence-corrected chi connectivity index (χ4v) is 7.86. The number of ether oxygens (including phenoxy) is 4. The lowest BCUT2D eigenvalue weighted by Crippen LogP contribution is -2.40. The molecular formula is C42H32BrN3O6S. The van der Waals surface area contributed by atoms with E-state index in [1.165, 1.54) is 18.4 Å². The van der Waals surface area contributed by atoms with E-state index in [1.807, 2.05) is 78.9 Å². The Morgan fingerprint density at radius 1 is 0.943 bits per heavy atom. The first-order chi connectivity index (χ1) is 25.9. The van der Waals surface area contributed by atoms with Gasteiger partial charge in [-0.05, 0) is 53.6 Å². The van der Waals surface area contributed by atoms with Gasteiger partial charge in [0.15, 0.2) is 16.3 Å². The molecule has 0 amide bonds. The second-order valence-corrected chi connectivity index (χ2v) is 13.8. The van der Waals surface area contributed by atoms with Gasteiger partial charge in [-0.15, -0.1) is 0 Å². The van der Waals surface area contributed by atoms with Crippen LogP contribution >= 0.6 is 27.3 Å². The lowest BCUT2D eigenvalue weighted by atomic mass is 9.89. The molecule has 0 fully saturated rings. The predicted molar refractivity (Wildman–Crippen MR) is 208 cm³/mol. The summed E-state index contributed by atoms with van der Waals surface area (Å²) in [5.74, 6) is 0.834. The summed E-state index contributed by atoms with van der Waals surface area (Å²) in [6.45, 7) is 2.04. The van der Waals surface area contributed by atoms with Gasteiger partial charge in [-0.3, -0.25) is 9.36 Å². The van der Waals surface area contributed by atoms with Crippen molar-refractivity contribution >= 4 is 55.8 Å². The van der Waals surface area contributed by atoms with Gasteiger partial charge in [-0.1, -0.05) is 106 Å². The molecule has 1 aliphatic heterocycles. The van der Waals surface area contributed by atoms with Gasteiger partial charge in [-0.2, -0.15) is 5.26 Å². The molecule has 0 N–H and O–H groups in total. The minimum absolute atomic E-state index is 0.134. The summed E-state index contributed by atoms with van der Waals surface area (Å²) in [4.78, 5) is 34.2. The Morgan fingerprint density at radius 2 is 1.68 bits per heavy atom. The third kappa shape index (κ3) is 6.75. The van der Waals surface area contributed by atoms with Crippen molar-refractivity contribution in [3.05, 3.63) is 161 Å². The minimum Gasteiger partial charge on any atom is -0.496 e. The summed E-state index contributed by atoms with van der Waals surface area (Å²) in [6.07, 6.45) is 1.76. The van der Waals surface area contributed by atoms with Gasteiger partial charge in [-0.25, -0.2) is 9.79 Å². The van der Waals surface area contributed by atoms with E-state index in [0.29, 0.717) is 59.0 Å². The summed E-state index contributed by atoms with van der Waals surface area (Å²) in [5.41, 5.74) is 3.58. The van der Waals surface area contributed by atoms with Crippen molar-refractivity contribution in [2.75, 3.05) is 20.8 Å². The summed E-state index contributed by atoms with van der Waals surface area (Å²) < 4.78 is 26.0. The van der Waals surface area contributed by atoms with Crippen LogP contribution in [0.3, 0.4) is 0 Å². The highest BCUT2D eigenvalue weighted by molar-refractivity contribution is 9.10. The third-order valence-electron chi connectivity index (χ3n) is 8.89. The summed E-state index contributed by atoms with van der Waals surface area (Å²) >= 11 is 4.88. The Balaban J connectivity index is 1.44. The van der Waals surface area contributed by atoms with E-state index in [1.54, 1.807) is 48.9 Å². The van der Waals surface area contributed by atoms with Crippen LogP contribution in [0.2, 0.25) is 0 Å². The Morgan fingerprint density at radius 3 is 2.43 bits per heavy atom. The number of hydrogen-bond donors (Lipinski definition) is 0. The van der Waals surface area contributed by atoms with Crippen LogP contribution in [0.4, 0.5) is 0 Å². The molecule has 0 unspecified atom stereocenters. The van der Waals surface area contributed by atoms with Gasteiger partial charge < -0.3 is 18.9 Å². The first-order valence-electron chi connectivity index (χ1n) is 16.7. The molecule has 2 heterocycles. The van der Waals surface area contributed by atoms with Crippen LogP contribution in [0.5, 0.6) is 17.2 Å². The largest absolute Gasteiger partial charge is 0.496 e. The number of rotatable bonds is 10. The molecular weight excluding hydrogens is 754 g/mol. The molecule has 11 heteroatoms. The molecule has 7 rings (SSSR count). The number of carbonyl (C=O) groups excluding carboxylic acids is 1. The predicted octanol–water partition coefficient (Wildman–Crippen LogP) is 7.32. The average Bonchev–Trinajstić information content (AvgIpc) is 3.50. The molecule has 264 valence electrons. The van der Waals surface area contributed by atoms with Crippen molar-refractivity contribution in [3.63, 3.8) is 0 Å². The second kappa shape index (κ2) is 15.3. The van der Waals surface area contributed by atoms with E-state index in [0.717, 1.165) is 16.3 Å². The fraction of sp³-hybridized carbons (Fsp3) is 0.143. The second-order valence-electron chi connectivity index (χ2n) is 11.9. The first kappa shape index (κ1) is 35.4. The molecule has 1 aliphatic rings. The first-order valence-corrected chi connectivity index (χ1v) is 18.3. The number of halogens is 1. The maximum absolute atomic E-state index is 14.7. The minimum atomic E-state index is -0.936. The number of methoxy groups -OCH3 is 2. The highest BCUT2D eigenvalue weighted by atomic mass is 79.9. The van der Waals surface area contributed by atoms with Crippen molar-refractivity contribution in [1.82, 2.24) is 4.57 Å². The molecule has 0 saturated carbocycles. The van der Waals surface area contributed by atoms with E-state index in [-0.39, 0.29) is 24.3 Å². The average molecular weight is 787 g/mol. The normalized spacial score (nSPS) is 13.9. The van der Waals surface area contributed by atoms with E-state index in [9.17, 15) is 14.9 Å². The highest BCUT2D eigenvalue weighted by Crippen LogP contribution is 2.42. The van der Waals surface area contributed by atoms with Crippen molar-refractivity contribution in [1.29, 1.82) is 5.26 Å². The van der Waals surface area contributed by atoms with Gasteiger partial charge in [0.2, 0.25) is 0 Å². The zero-order chi connectivity index (χ0) is 37.1. The van der Waals surface area contributed by atoms with Crippen LogP contribution < -0.4 is 29.1 Å². The number of carbonyl (C=O) groups is 1. The standard InChI is InChI=1S/C42H32BrN3O6S/c1-4-51-41(48)37-38(26-13-6-5-7-14-26)45-42-46(39(37)36-30-17-11-10-12-25(30)18-19-32(36)49-2)40(47)35(53-42)21-29-20-33(50-3)34(22-31(29)43)52-24-28-16-9-8-15-27(28)23-44/h5-22,39H,4,24H2,1-3H3/b35-21+/t39-/m1/s1. The Labute approximate surface area is 317 Å². The van der Waals surface area contributed by atoms with Crippen LogP contribution in [0.25, 0.3) is 22.5 Å². The summed E-state index contributed by atoms with van der Waals surface area (Å²) in [7, 11) is 3.11. The zero-order valence-corrected chi connectivity index (χ0v) is 31.4. The number of hydrogen-bond acceptors (Lipinski definition) is 9. The Kier molecular flexibility index (Phi) is 10.3. The molecule has 5 aromatic carbocycles. The number of nitrogens with zero attached hydrogens (tertiary/aromatic N) is 3. The van der Waals surface area contributed by atoms with Crippen molar-refractivity contribution in [2.45, 2.75) is 19.6 Å². The molecule has 0 aliphatic carbocycles.